The third kappa shape index (κ3) is 5.10. The fraction of sp³-hybridized carbons (Fsp3) is 0.542. The molecular weight excluding hydrogens is 376 g/mol. The third-order valence-corrected chi connectivity index (χ3v) is 6.13. The SMILES string of the molecule is CCCC(CCC)C(=O)N1CCC(c2cc(C(=O)N(C)c3ccccc3)n[nH]2)CC1. The normalized spacial score (nSPS) is 14.9. The lowest BCUT2D eigenvalue weighted by Gasteiger charge is -2.34. The van der Waals surface area contributed by atoms with Gasteiger partial charge < -0.3 is 9.80 Å². The zero-order valence-electron chi connectivity index (χ0n) is 18.4. The van der Waals surface area contributed by atoms with Crippen LogP contribution in [-0.4, -0.2) is 47.0 Å². The zero-order valence-corrected chi connectivity index (χ0v) is 18.4. The summed E-state index contributed by atoms with van der Waals surface area (Å²) in [6.45, 7) is 5.85. The van der Waals surface area contributed by atoms with Crippen LogP contribution < -0.4 is 4.90 Å². The van der Waals surface area contributed by atoms with Gasteiger partial charge >= 0.3 is 0 Å². The number of nitrogens with zero attached hydrogens (tertiary/aromatic N) is 3. The molecule has 1 aliphatic heterocycles. The number of nitrogens with one attached hydrogen (secondary N) is 1. The number of anilines is 1. The number of benzene rings is 1. The fourth-order valence-corrected chi connectivity index (χ4v) is 4.35. The van der Waals surface area contributed by atoms with Crippen molar-refractivity contribution < 1.29 is 9.59 Å². The molecule has 2 amide bonds. The van der Waals surface area contributed by atoms with Gasteiger partial charge in [-0.25, -0.2) is 0 Å². The van der Waals surface area contributed by atoms with Gasteiger partial charge in [0.2, 0.25) is 5.91 Å². The van der Waals surface area contributed by atoms with Crippen molar-refractivity contribution in [1.29, 1.82) is 0 Å². The van der Waals surface area contributed by atoms with Crippen LogP contribution in [0.4, 0.5) is 5.69 Å². The van der Waals surface area contributed by atoms with Gasteiger partial charge in [0.05, 0.1) is 0 Å². The molecule has 3 rings (SSSR count). The van der Waals surface area contributed by atoms with Crippen molar-refractivity contribution in [2.75, 3.05) is 25.0 Å². The topological polar surface area (TPSA) is 69.3 Å². The number of rotatable bonds is 8. The Morgan fingerprint density at radius 1 is 1.13 bits per heavy atom. The Morgan fingerprint density at radius 2 is 1.77 bits per heavy atom. The zero-order chi connectivity index (χ0) is 21.5. The molecule has 0 unspecified atom stereocenters. The van der Waals surface area contributed by atoms with Crippen LogP contribution in [0.5, 0.6) is 0 Å². The minimum Gasteiger partial charge on any atom is -0.342 e. The molecule has 0 spiro atoms. The first-order chi connectivity index (χ1) is 14.5. The van der Waals surface area contributed by atoms with E-state index in [1.807, 2.05) is 41.3 Å². The smallest absolute Gasteiger partial charge is 0.278 e. The van der Waals surface area contributed by atoms with E-state index < -0.39 is 0 Å². The predicted octanol–water partition coefficient (Wildman–Crippen LogP) is 4.61. The van der Waals surface area contributed by atoms with Crippen LogP contribution in [0.15, 0.2) is 36.4 Å². The number of H-pyrrole nitrogens is 1. The van der Waals surface area contributed by atoms with E-state index in [1.165, 1.54) is 0 Å². The molecule has 1 aromatic heterocycles. The number of likely N-dealkylation sites (tertiary alicyclic amines) is 1. The minimum absolute atomic E-state index is 0.127. The summed E-state index contributed by atoms with van der Waals surface area (Å²) < 4.78 is 0. The van der Waals surface area contributed by atoms with Crippen molar-refractivity contribution in [3.63, 3.8) is 0 Å². The summed E-state index contributed by atoms with van der Waals surface area (Å²) in [4.78, 5) is 29.3. The average Bonchev–Trinajstić information content (AvgIpc) is 3.28. The predicted molar refractivity (Wildman–Crippen MR) is 120 cm³/mol. The van der Waals surface area contributed by atoms with Crippen molar-refractivity contribution in [2.24, 2.45) is 5.92 Å². The van der Waals surface area contributed by atoms with E-state index in [0.29, 0.717) is 17.5 Å². The third-order valence-electron chi connectivity index (χ3n) is 6.13. The molecule has 0 atom stereocenters. The van der Waals surface area contributed by atoms with E-state index >= 15 is 0 Å². The summed E-state index contributed by atoms with van der Waals surface area (Å²) in [5, 5.41) is 7.34. The second-order valence-corrected chi connectivity index (χ2v) is 8.28. The maximum Gasteiger partial charge on any atom is 0.278 e. The first-order valence-electron chi connectivity index (χ1n) is 11.2. The Hall–Kier alpha value is -2.63. The van der Waals surface area contributed by atoms with Crippen molar-refractivity contribution in [3.8, 4) is 0 Å². The molecule has 1 fully saturated rings. The standard InChI is InChI=1S/C24H34N4O2/c1-4-9-19(10-5-2)23(29)28-15-13-18(14-16-28)21-17-22(26-25-21)24(30)27(3)20-11-7-6-8-12-20/h6-8,11-12,17-19H,4-5,9-10,13-16H2,1-3H3,(H,25,26). The molecule has 6 nitrogen and oxygen atoms in total. The first kappa shape index (κ1) is 22.1. The molecule has 0 bridgehead atoms. The molecule has 0 aliphatic carbocycles. The summed E-state index contributed by atoms with van der Waals surface area (Å²) in [5.41, 5.74) is 2.26. The second-order valence-electron chi connectivity index (χ2n) is 8.28. The van der Waals surface area contributed by atoms with Gasteiger partial charge in [0.1, 0.15) is 0 Å². The summed E-state index contributed by atoms with van der Waals surface area (Å²) in [5.74, 6) is 0.669. The van der Waals surface area contributed by atoms with Gasteiger partial charge in [-0.3, -0.25) is 14.7 Å². The Kier molecular flexibility index (Phi) is 7.66. The quantitative estimate of drug-likeness (QED) is 0.691. The molecule has 0 radical (unpaired) electrons. The van der Waals surface area contributed by atoms with Crippen LogP contribution >= 0.6 is 0 Å². The molecule has 2 aromatic rings. The van der Waals surface area contributed by atoms with E-state index in [0.717, 1.165) is 63.0 Å². The molecule has 1 aliphatic rings. The molecule has 30 heavy (non-hydrogen) atoms. The van der Waals surface area contributed by atoms with Crippen molar-refractivity contribution in [1.82, 2.24) is 15.1 Å². The van der Waals surface area contributed by atoms with E-state index in [9.17, 15) is 9.59 Å². The second kappa shape index (κ2) is 10.4. The Labute approximate surface area is 179 Å². The Morgan fingerprint density at radius 3 is 2.37 bits per heavy atom. The lowest BCUT2D eigenvalue weighted by Crippen LogP contribution is -2.41. The fourth-order valence-electron chi connectivity index (χ4n) is 4.35. The van der Waals surface area contributed by atoms with Gasteiger partial charge in [0, 0.05) is 43.4 Å². The minimum atomic E-state index is -0.127. The van der Waals surface area contributed by atoms with Gasteiger partial charge in [-0.15, -0.1) is 0 Å². The average molecular weight is 411 g/mol. The molecule has 6 heteroatoms. The largest absolute Gasteiger partial charge is 0.342 e. The van der Waals surface area contributed by atoms with Gasteiger partial charge in [-0.2, -0.15) is 5.10 Å². The molecular formula is C24H34N4O2. The van der Waals surface area contributed by atoms with E-state index in [1.54, 1.807) is 11.9 Å². The molecule has 0 saturated carbocycles. The number of aromatic amines is 1. The number of hydrogen-bond donors (Lipinski definition) is 1. The van der Waals surface area contributed by atoms with Crippen molar-refractivity contribution in [3.05, 3.63) is 47.8 Å². The molecule has 1 N–H and O–H groups in total. The summed E-state index contributed by atoms with van der Waals surface area (Å²) in [7, 11) is 1.76. The van der Waals surface area contributed by atoms with E-state index in [4.69, 9.17) is 0 Å². The molecule has 1 aromatic carbocycles. The van der Waals surface area contributed by atoms with Gasteiger partial charge in [0.15, 0.2) is 5.69 Å². The van der Waals surface area contributed by atoms with Crippen LogP contribution in [0.2, 0.25) is 0 Å². The number of carbonyl (C=O) groups is 2. The Balaban J connectivity index is 1.58. The molecule has 1 saturated heterocycles. The highest BCUT2D eigenvalue weighted by atomic mass is 16.2. The number of hydrogen-bond acceptors (Lipinski definition) is 3. The van der Waals surface area contributed by atoms with Crippen molar-refractivity contribution >= 4 is 17.5 Å². The highest BCUT2D eigenvalue weighted by Gasteiger charge is 2.29. The van der Waals surface area contributed by atoms with E-state index in [-0.39, 0.29) is 11.8 Å². The highest BCUT2D eigenvalue weighted by Crippen LogP contribution is 2.29. The monoisotopic (exact) mass is 410 g/mol. The van der Waals surface area contributed by atoms with Gasteiger partial charge in [-0.05, 0) is 43.9 Å². The van der Waals surface area contributed by atoms with Crippen LogP contribution in [0.25, 0.3) is 0 Å². The first-order valence-corrected chi connectivity index (χ1v) is 11.2. The number of aromatic nitrogens is 2. The lowest BCUT2D eigenvalue weighted by atomic mass is 9.91. The van der Waals surface area contributed by atoms with E-state index in [2.05, 4.69) is 24.0 Å². The maximum atomic E-state index is 12.9. The molecule has 162 valence electrons. The number of amides is 2. The number of para-hydroxylation sites is 1. The number of carbonyl (C=O) groups excluding carboxylic acids is 2. The van der Waals surface area contributed by atoms with Crippen LogP contribution in [0.1, 0.15) is 74.5 Å². The maximum absolute atomic E-state index is 12.9. The van der Waals surface area contributed by atoms with Crippen LogP contribution in [0, 0.1) is 5.92 Å². The van der Waals surface area contributed by atoms with Gasteiger partial charge in [0.25, 0.3) is 5.91 Å². The summed E-state index contributed by atoms with van der Waals surface area (Å²) in [6.07, 6.45) is 5.87. The Bertz CT molecular complexity index is 819. The van der Waals surface area contributed by atoms with Crippen LogP contribution in [-0.2, 0) is 4.79 Å². The lowest BCUT2D eigenvalue weighted by molar-refractivity contribution is -0.137. The highest BCUT2D eigenvalue weighted by molar-refractivity contribution is 6.04. The summed E-state index contributed by atoms with van der Waals surface area (Å²) in [6, 6.07) is 11.4. The molecule has 2 heterocycles. The van der Waals surface area contributed by atoms with Crippen LogP contribution in [0.3, 0.4) is 0 Å². The summed E-state index contributed by atoms with van der Waals surface area (Å²) >= 11 is 0. The van der Waals surface area contributed by atoms with Crippen molar-refractivity contribution in [2.45, 2.75) is 58.3 Å². The number of piperidine rings is 1. The van der Waals surface area contributed by atoms with Gasteiger partial charge in [-0.1, -0.05) is 44.9 Å².